The van der Waals surface area contributed by atoms with Crippen molar-refractivity contribution in [3.63, 3.8) is 0 Å². The maximum Gasteiger partial charge on any atom is 0.295 e. The van der Waals surface area contributed by atoms with Gasteiger partial charge in [0, 0.05) is 32.2 Å². The molecule has 2 atom stereocenters. The number of hydrogen-bond donors (Lipinski definition) is 1. The zero-order valence-corrected chi connectivity index (χ0v) is 21.9. The van der Waals surface area contributed by atoms with Crippen LogP contribution in [0.25, 0.3) is 5.76 Å². The van der Waals surface area contributed by atoms with Gasteiger partial charge in [-0.2, -0.15) is 0 Å². The SMILES string of the molecule is CCCOc1ccc([C@@H]2C(=C(O)c3ccc4c(c3)C[C@H](C)O4)C(=O)C(=O)N2CCCOC)cc1OCC. The molecule has 2 aromatic carbocycles. The fourth-order valence-corrected chi connectivity index (χ4v) is 4.86. The molecule has 0 radical (unpaired) electrons. The third kappa shape index (κ3) is 5.44. The van der Waals surface area contributed by atoms with Gasteiger partial charge in [-0.3, -0.25) is 9.59 Å². The van der Waals surface area contributed by atoms with Crippen molar-refractivity contribution in [1.29, 1.82) is 0 Å². The standard InChI is InChI=1S/C29H35NO7/c1-5-13-36-23-11-8-19(17-24(23)35-6-2)26-25(28(32)29(33)30(26)12-7-14-34-4)27(31)20-9-10-22-21(16-20)15-18(3)37-22/h8-11,16-18,26,31H,5-7,12-15H2,1-4H3/t18-,26+/m0/s1. The number of methoxy groups -OCH3 is 1. The van der Waals surface area contributed by atoms with Crippen LogP contribution in [0.2, 0.25) is 0 Å². The minimum absolute atomic E-state index is 0.0455. The Kier molecular flexibility index (Phi) is 8.38. The predicted octanol–water partition coefficient (Wildman–Crippen LogP) is 4.66. The number of nitrogens with zero attached hydrogens (tertiary/aromatic N) is 1. The monoisotopic (exact) mass is 509 g/mol. The number of aliphatic hydroxyl groups excluding tert-OH is 1. The van der Waals surface area contributed by atoms with E-state index in [2.05, 4.69) is 0 Å². The number of fused-ring (bicyclic) bond motifs is 1. The highest BCUT2D eigenvalue weighted by atomic mass is 16.5. The number of hydrogen-bond acceptors (Lipinski definition) is 7. The molecular formula is C29H35NO7. The van der Waals surface area contributed by atoms with Gasteiger partial charge in [-0.1, -0.05) is 13.0 Å². The third-order valence-corrected chi connectivity index (χ3v) is 6.50. The first-order chi connectivity index (χ1) is 17.9. The molecule has 0 aromatic heterocycles. The van der Waals surface area contributed by atoms with Crippen molar-refractivity contribution in [3.8, 4) is 17.2 Å². The van der Waals surface area contributed by atoms with E-state index in [1.807, 2.05) is 32.9 Å². The summed E-state index contributed by atoms with van der Waals surface area (Å²) in [5.74, 6) is 0.323. The van der Waals surface area contributed by atoms with E-state index >= 15 is 0 Å². The van der Waals surface area contributed by atoms with E-state index in [-0.39, 0.29) is 17.4 Å². The van der Waals surface area contributed by atoms with Gasteiger partial charge in [0.15, 0.2) is 11.5 Å². The van der Waals surface area contributed by atoms with Crippen molar-refractivity contribution in [2.45, 2.75) is 52.2 Å². The number of ketones is 1. The van der Waals surface area contributed by atoms with Crippen LogP contribution >= 0.6 is 0 Å². The van der Waals surface area contributed by atoms with Gasteiger partial charge in [0.2, 0.25) is 0 Å². The van der Waals surface area contributed by atoms with Crippen molar-refractivity contribution in [2.75, 3.05) is 33.5 Å². The first-order valence-electron chi connectivity index (χ1n) is 12.9. The van der Waals surface area contributed by atoms with E-state index in [9.17, 15) is 14.7 Å². The van der Waals surface area contributed by atoms with Crippen LogP contribution < -0.4 is 14.2 Å². The zero-order valence-electron chi connectivity index (χ0n) is 21.9. The first kappa shape index (κ1) is 26.5. The van der Waals surface area contributed by atoms with Crippen LogP contribution in [0.4, 0.5) is 0 Å². The lowest BCUT2D eigenvalue weighted by Gasteiger charge is -2.26. The van der Waals surface area contributed by atoms with E-state index in [1.165, 1.54) is 4.90 Å². The molecule has 0 bridgehead atoms. The maximum absolute atomic E-state index is 13.3. The quantitative estimate of drug-likeness (QED) is 0.204. The van der Waals surface area contributed by atoms with Crippen LogP contribution in [0.3, 0.4) is 0 Å². The Morgan fingerprint density at radius 2 is 1.89 bits per heavy atom. The van der Waals surface area contributed by atoms with Gasteiger partial charge in [-0.05, 0) is 68.1 Å². The molecule has 198 valence electrons. The molecule has 0 spiro atoms. The van der Waals surface area contributed by atoms with E-state index in [0.29, 0.717) is 61.8 Å². The Morgan fingerprint density at radius 3 is 2.62 bits per heavy atom. The molecule has 2 aliphatic heterocycles. The van der Waals surface area contributed by atoms with Crippen LogP contribution in [-0.2, 0) is 20.7 Å². The fraction of sp³-hybridized carbons (Fsp3) is 0.448. The summed E-state index contributed by atoms with van der Waals surface area (Å²) < 4.78 is 22.6. The lowest BCUT2D eigenvalue weighted by molar-refractivity contribution is -0.140. The van der Waals surface area contributed by atoms with Crippen LogP contribution in [0.15, 0.2) is 42.0 Å². The maximum atomic E-state index is 13.3. The summed E-state index contributed by atoms with van der Waals surface area (Å²) in [5.41, 5.74) is 2.14. The number of Topliss-reactive ketones (excluding diaryl/α,β-unsaturated/α-hetero) is 1. The van der Waals surface area contributed by atoms with Crippen molar-refractivity contribution in [1.82, 2.24) is 4.90 Å². The summed E-state index contributed by atoms with van der Waals surface area (Å²) in [5, 5.41) is 11.4. The molecule has 8 heteroatoms. The van der Waals surface area contributed by atoms with Gasteiger partial charge in [0.25, 0.3) is 11.7 Å². The molecule has 8 nitrogen and oxygen atoms in total. The van der Waals surface area contributed by atoms with E-state index in [1.54, 1.807) is 31.4 Å². The first-order valence-corrected chi connectivity index (χ1v) is 12.9. The number of ether oxygens (including phenoxy) is 4. The van der Waals surface area contributed by atoms with Crippen LogP contribution in [0.5, 0.6) is 17.2 Å². The Balaban J connectivity index is 1.81. The van der Waals surface area contributed by atoms with Gasteiger partial charge in [-0.25, -0.2) is 0 Å². The molecule has 1 amide bonds. The molecule has 2 heterocycles. The topological polar surface area (TPSA) is 94.5 Å². The second-order valence-corrected chi connectivity index (χ2v) is 9.28. The van der Waals surface area contributed by atoms with Crippen LogP contribution in [0.1, 0.15) is 56.3 Å². The molecule has 4 rings (SSSR count). The zero-order chi connectivity index (χ0) is 26.5. The lowest BCUT2D eigenvalue weighted by atomic mass is 9.94. The van der Waals surface area contributed by atoms with Crippen LogP contribution in [-0.4, -0.2) is 61.3 Å². The van der Waals surface area contributed by atoms with E-state index in [0.717, 1.165) is 17.7 Å². The minimum atomic E-state index is -0.778. The number of amides is 1. The van der Waals surface area contributed by atoms with Gasteiger partial charge >= 0.3 is 0 Å². The number of rotatable bonds is 11. The molecule has 2 aromatic rings. The molecule has 0 saturated carbocycles. The molecule has 0 aliphatic carbocycles. The Bertz CT molecular complexity index is 1190. The highest BCUT2D eigenvalue weighted by Crippen LogP contribution is 2.43. The van der Waals surface area contributed by atoms with E-state index in [4.69, 9.17) is 18.9 Å². The summed E-state index contributed by atoms with van der Waals surface area (Å²) in [7, 11) is 1.59. The molecule has 37 heavy (non-hydrogen) atoms. The minimum Gasteiger partial charge on any atom is -0.507 e. The van der Waals surface area contributed by atoms with Gasteiger partial charge in [0.05, 0.1) is 24.8 Å². The third-order valence-electron chi connectivity index (χ3n) is 6.50. The number of likely N-dealkylation sites (tertiary alicyclic amines) is 1. The summed E-state index contributed by atoms with van der Waals surface area (Å²) >= 11 is 0. The fourth-order valence-electron chi connectivity index (χ4n) is 4.86. The van der Waals surface area contributed by atoms with Gasteiger partial charge in [-0.15, -0.1) is 0 Å². The van der Waals surface area contributed by atoms with Gasteiger partial charge in [0.1, 0.15) is 17.6 Å². The average molecular weight is 510 g/mol. The summed E-state index contributed by atoms with van der Waals surface area (Å²) in [6.07, 6.45) is 2.15. The van der Waals surface area contributed by atoms with Crippen molar-refractivity contribution in [3.05, 3.63) is 58.7 Å². The Morgan fingerprint density at radius 1 is 1.08 bits per heavy atom. The van der Waals surface area contributed by atoms with Gasteiger partial charge < -0.3 is 29.0 Å². The molecular weight excluding hydrogens is 474 g/mol. The van der Waals surface area contributed by atoms with Crippen molar-refractivity contribution >= 4 is 17.4 Å². The largest absolute Gasteiger partial charge is 0.507 e. The molecule has 1 saturated heterocycles. The number of benzene rings is 2. The molecule has 1 N–H and O–H groups in total. The second kappa shape index (κ2) is 11.7. The molecule has 0 unspecified atom stereocenters. The average Bonchev–Trinajstić information content (AvgIpc) is 3.38. The van der Waals surface area contributed by atoms with Crippen molar-refractivity contribution in [2.24, 2.45) is 0 Å². The lowest BCUT2D eigenvalue weighted by Crippen LogP contribution is -2.31. The number of carbonyl (C=O) groups is 2. The highest BCUT2D eigenvalue weighted by Gasteiger charge is 2.46. The van der Waals surface area contributed by atoms with Crippen LogP contribution in [0, 0.1) is 0 Å². The smallest absolute Gasteiger partial charge is 0.295 e. The molecule has 2 aliphatic rings. The summed E-state index contributed by atoms with van der Waals surface area (Å²) in [4.78, 5) is 28.0. The number of aliphatic hydroxyl groups is 1. The second-order valence-electron chi connectivity index (χ2n) is 9.28. The van der Waals surface area contributed by atoms with E-state index < -0.39 is 17.7 Å². The summed E-state index contributed by atoms with van der Waals surface area (Å²) in [6.45, 7) is 7.58. The Labute approximate surface area is 217 Å². The Hall–Kier alpha value is -3.52. The van der Waals surface area contributed by atoms with Crippen molar-refractivity contribution < 1.29 is 33.6 Å². The summed E-state index contributed by atoms with van der Waals surface area (Å²) in [6, 6.07) is 9.97. The number of carbonyl (C=O) groups excluding carboxylic acids is 2. The molecule has 1 fully saturated rings. The normalized spacial score (nSPS) is 20.2. The predicted molar refractivity (Wildman–Crippen MR) is 139 cm³/mol. The highest BCUT2D eigenvalue weighted by molar-refractivity contribution is 6.46.